The van der Waals surface area contributed by atoms with E-state index in [0.29, 0.717) is 6.04 Å². The SMILES string of the molecule is CCCNC(C)(CO)CN1CCCCCC1CC. The Kier molecular flexibility index (Phi) is 7.20. The highest BCUT2D eigenvalue weighted by molar-refractivity contribution is 4.88. The van der Waals surface area contributed by atoms with Crippen molar-refractivity contribution in [1.82, 2.24) is 10.2 Å². The Bertz CT molecular complexity index is 223. The van der Waals surface area contributed by atoms with Gasteiger partial charge in [0.15, 0.2) is 0 Å². The third-order valence-corrected chi connectivity index (χ3v) is 4.17. The first-order chi connectivity index (χ1) is 8.65. The Morgan fingerprint density at radius 3 is 2.67 bits per heavy atom. The monoisotopic (exact) mass is 256 g/mol. The van der Waals surface area contributed by atoms with Gasteiger partial charge in [0, 0.05) is 12.6 Å². The van der Waals surface area contributed by atoms with Crippen LogP contribution >= 0.6 is 0 Å². The largest absolute Gasteiger partial charge is 0.394 e. The van der Waals surface area contributed by atoms with Gasteiger partial charge in [-0.2, -0.15) is 0 Å². The lowest BCUT2D eigenvalue weighted by Crippen LogP contribution is -2.56. The Morgan fingerprint density at radius 1 is 1.28 bits per heavy atom. The van der Waals surface area contributed by atoms with Crippen LogP contribution in [0.15, 0.2) is 0 Å². The summed E-state index contributed by atoms with van der Waals surface area (Å²) in [7, 11) is 0. The summed E-state index contributed by atoms with van der Waals surface area (Å²) >= 11 is 0. The van der Waals surface area contributed by atoms with Crippen LogP contribution in [0.1, 0.15) is 59.3 Å². The number of nitrogens with zero attached hydrogens (tertiary/aromatic N) is 1. The smallest absolute Gasteiger partial charge is 0.0623 e. The van der Waals surface area contributed by atoms with Gasteiger partial charge in [-0.1, -0.05) is 26.7 Å². The Morgan fingerprint density at radius 2 is 2.06 bits per heavy atom. The lowest BCUT2D eigenvalue weighted by atomic mass is 10.00. The van der Waals surface area contributed by atoms with E-state index >= 15 is 0 Å². The number of aliphatic hydroxyl groups is 1. The van der Waals surface area contributed by atoms with E-state index in [4.69, 9.17) is 0 Å². The molecule has 0 amide bonds. The normalized spacial score (nSPS) is 25.7. The molecule has 1 rings (SSSR count). The van der Waals surface area contributed by atoms with Gasteiger partial charge in [-0.05, 0) is 45.7 Å². The van der Waals surface area contributed by atoms with E-state index in [1.165, 1.54) is 38.6 Å². The van der Waals surface area contributed by atoms with Crippen LogP contribution in [-0.4, -0.2) is 47.8 Å². The molecule has 1 fully saturated rings. The summed E-state index contributed by atoms with van der Waals surface area (Å²) in [5.41, 5.74) is -0.145. The lowest BCUT2D eigenvalue weighted by Gasteiger charge is -2.38. The molecule has 3 heteroatoms. The van der Waals surface area contributed by atoms with Crippen LogP contribution < -0.4 is 5.32 Å². The Hall–Kier alpha value is -0.120. The fraction of sp³-hybridized carbons (Fsp3) is 1.00. The van der Waals surface area contributed by atoms with E-state index < -0.39 is 0 Å². The molecule has 1 heterocycles. The van der Waals surface area contributed by atoms with Gasteiger partial charge in [0.25, 0.3) is 0 Å². The maximum atomic E-state index is 9.68. The maximum Gasteiger partial charge on any atom is 0.0623 e. The molecular formula is C15H32N2O. The van der Waals surface area contributed by atoms with Crippen LogP contribution in [-0.2, 0) is 0 Å². The fourth-order valence-corrected chi connectivity index (χ4v) is 2.94. The van der Waals surface area contributed by atoms with Gasteiger partial charge in [0.1, 0.15) is 0 Å². The van der Waals surface area contributed by atoms with Crippen molar-refractivity contribution >= 4 is 0 Å². The van der Waals surface area contributed by atoms with Crippen molar-refractivity contribution < 1.29 is 5.11 Å². The first kappa shape index (κ1) is 15.9. The second-order valence-electron chi connectivity index (χ2n) is 6.03. The first-order valence-electron chi connectivity index (χ1n) is 7.75. The summed E-state index contributed by atoms with van der Waals surface area (Å²) in [6.45, 7) is 10.00. The van der Waals surface area contributed by atoms with Gasteiger partial charge in [-0.25, -0.2) is 0 Å². The molecule has 1 aliphatic heterocycles. The van der Waals surface area contributed by atoms with Gasteiger partial charge in [-0.15, -0.1) is 0 Å². The molecule has 1 aliphatic rings. The van der Waals surface area contributed by atoms with Crippen molar-refractivity contribution in [3.05, 3.63) is 0 Å². The van der Waals surface area contributed by atoms with E-state index in [0.717, 1.165) is 19.5 Å². The quantitative estimate of drug-likeness (QED) is 0.734. The molecule has 0 aromatic heterocycles. The number of likely N-dealkylation sites (tertiary alicyclic amines) is 1. The van der Waals surface area contributed by atoms with Crippen LogP contribution in [0.5, 0.6) is 0 Å². The summed E-state index contributed by atoms with van der Waals surface area (Å²) in [4.78, 5) is 2.60. The Labute approximate surface area is 113 Å². The second-order valence-corrected chi connectivity index (χ2v) is 6.03. The predicted molar refractivity (Wildman–Crippen MR) is 77.9 cm³/mol. The zero-order valence-electron chi connectivity index (χ0n) is 12.5. The third kappa shape index (κ3) is 4.87. The van der Waals surface area contributed by atoms with E-state index in [2.05, 4.69) is 31.0 Å². The van der Waals surface area contributed by atoms with Crippen molar-refractivity contribution in [2.24, 2.45) is 0 Å². The summed E-state index contributed by atoms with van der Waals surface area (Å²) < 4.78 is 0. The number of hydrogen-bond acceptors (Lipinski definition) is 3. The van der Waals surface area contributed by atoms with Gasteiger partial charge < -0.3 is 10.4 Å². The van der Waals surface area contributed by atoms with Crippen LogP contribution in [0.4, 0.5) is 0 Å². The van der Waals surface area contributed by atoms with Crippen molar-refractivity contribution in [2.75, 3.05) is 26.2 Å². The summed E-state index contributed by atoms with van der Waals surface area (Å²) in [5.74, 6) is 0. The predicted octanol–water partition coefficient (Wildman–Crippen LogP) is 2.39. The molecule has 2 atom stereocenters. The van der Waals surface area contributed by atoms with Crippen LogP contribution in [0.3, 0.4) is 0 Å². The highest BCUT2D eigenvalue weighted by Gasteiger charge is 2.29. The van der Waals surface area contributed by atoms with Crippen molar-refractivity contribution in [3.8, 4) is 0 Å². The van der Waals surface area contributed by atoms with Crippen LogP contribution in [0.2, 0.25) is 0 Å². The van der Waals surface area contributed by atoms with Crippen LogP contribution in [0.25, 0.3) is 0 Å². The third-order valence-electron chi connectivity index (χ3n) is 4.17. The molecule has 0 aromatic carbocycles. The number of aliphatic hydroxyl groups excluding tert-OH is 1. The van der Waals surface area contributed by atoms with Gasteiger partial charge in [0.2, 0.25) is 0 Å². The van der Waals surface area contributed by atoms with Crippen molar-refractivity contribution in [1.29, 1.82) is 0 Å². The minimum atomic E-state index is -0.145. The topological polar surface area (TPSA) is 35.5 Å². The summed E-state index contributed by atoms with van der Waals surface area (Å²) in [6, 6.07) is 0.710. The average molecular weight is 256 g/mol. The molecular weight excluding hydrogens is 224 g/mol. The fourth-order valence-electron chi connectivity index (χ4n) is 2.94. The molecule has 2 N–H and O–H groups in total. The minimum Gasteiger partial charge on any atom is -0.394 e. The molecule has 0 saturated carbocycles. The molecule has 3 nitrogen and oxygen atoms in total. The van der Waals surface area contributed by atoms with Crippen molar-refractivity contribution in [3.63, 3.8) is 0 Å². The molecule has 0 bridgehead atoms. The molecule has 2 unspecified atom stereocenters. The van der Waals surface area contributed by atoms with Gasteiger partial charge in [-0.3, -0.25) is 4.90 Å². The summed E-state index contributed by atoms with van der Waals surface area (Å²) in [6.07, 6.45) is 7.72. The lowest BCUT2D eigenvalue weighted by molar-refractivity contribution is 0.0940. The maximum absolute atomic E-state index is 9.68. The standard InChI is InChI=1S/C15H32N2O/c1-4-10-16-15(3,13-18)12-17-11-8-6-7-9-14(17)5-2/h14,16,18H,4-13H2,1-3H3. The molecule has 1 saturated heterocycles. The second kappa shape index (κ2) is 8.13. The molecule has 18 heavy (non-hydrogen) atoms. The molecule has 0 radical (unpaired) electrons. The van der Waals surface area contributed by atoms with E-state index in [1.54, 1.807) is 0 Å². The van der Waals surface area contributed by atoms with E-state index in [-0.39, 0.29) is 12.1 Å². The highest BCUT2D eigenvalue weighted by Crippen LogP contribution is 2.21. The molecule has 108 valence electrons. The van der Waals surface area contributed by atoms with Crippen LogP contribution in [0, 0.1) is 0 Å². The minimum absolute atomic E-state index is 0.145. The zero-order chi connectivity index (χ0) is 13.4. The molecule has 0 spiro atoms. The molecule has 0 aliphatic carbocycles. The van der Waals surface area contributed by atoms with E-state index in [9.17, 15) is 5.11 Å². The number of hydrogen-bond donors (Lipinski definition) is 2. The van der Waals surface area contributed by atoms with Gasteiger partial charge >= 0.3 is 0 Å². The molecule has 0 aromatic rings. The summed E-state index contributed by atoms with van der Waals surface area (Å²) in [5, 5.41) is 13.2. The number of rotatable bonds is 7. The Balaban J connectivity index is 2.58. The first-order valence-corrected chi connectivity index (χ1v) is 7.75. The zero-order valence-corrected chi connectivity index (χ0v) is 12.5. The number of nitrogens with one attached hydrogen (secondary N) is 1. The van der Waals surface area contributed by atoms with Crippen molar-refractivity contribution in [2.45, 2.75) is 70.9 Å². The highest BCUT2D eigenvalue weighted by atomic mass is 16.3. The van der Waals surface area contributed by atoms with Gasteiger partial charge in [0.05, 0.1) is 12.1 Å². The average Bonchev–Trinajstić information content (AvgIpc) is 2.61. The van der Waals surface area contributed by atoms with E-state index in [1.807, 2.05) is 0 Å².